The molecule has 12 heteroatoms. The molecule has 2 aliphatic rings. The number of benzene rings is 2. The number of hydrogen-bond donors (Lipinski definition) is 0. The first-order valence-corrected chi connectivity index (χ1v) is 12.4. The summed E-state index contributed by atoms with van der Waals surface area (Å²) in [6.07, 6.45) is -4.39. The highest BCUT2D eigenvalue weighted by Gasteiger charge is 2.65. The Morgan fingerprint density at radius 3 is 2.38 bits per heavy atom. The predicted molar refractivity (Wildman–Crippen MR) is 125 cm³/mol. The molecule has 0 bridgehead atoms. The lowest BCUT2D eigenvalue weighted by molar-refractivity contribution is -0.391. The number of rotatable bonds is 4. The molecule has 0 saturated heterocycles. The maximum absolute atomic E-state index is 13.7. The number of halogens is 5. The van der Waals surface area contributed by atoms with Crippen molar-refractivity contribution in [3.8, 4) is 17.2 Å². The van der Waals surface area contributed by atoms with Gasteiger partial charge in [0.15, 0.2) is 16.3 Å². The van der Waals surface area contributed by atoms with Crippen molar-refractivity contribution in [1.29, 1.82) is 0 Å². The molecule has 0 N–H and O–H groups in total. The fourth-order valence-corrected chi connectivity index (χ4v) is 5.25. The number of fused-ring (bicyclic) bond motifs is 1. The Balaban J connectivity index is 1.48. The summed E-state index contributed by atoms with van der Waals surface area (Å²) in [4.78, 5) is 20.4. The molecule has 1 saturated carbocycles. The van der Waals surface area contributed by atoms with E-state index in [2.05, 4.69) is 14.5 Å². The van der Waals surface area contributed by atoms with Crippen molar-refractivity contribution >= 4 is 17.4 Å². The van der Waals surface area contributed by atoms with Crippen LogP contribution in [-0.2, 0) is 6.54 Å². The molecule has 37 heavy (non-hydrogen) atoms. The zero-order chi connectivity index (χ0) is 26.4. The fraction of sp³-hybridized carbons (Fsp3) is 0.360. The van der Waals surface area contributed by atoms with E-state index in [0.29, 0.717) is 0 Å². The minimum atomic E-state index is -4.85. The van der Waals surface area contributed by atoms with Crippen molar-refractivity contribution in [3.05, 3.63) is 69.7 Å². The van der Waals surface area contributed by atoms with Crippen LogP contribution in [0.2, 0.25) is 0 Å². The van der Waals surface area contributed by atoms with Crippen LogP contribution < -0.4 is 14.3 Å². The Bertz CT molecular complexity index is 1380. The molecule has 0 atom stereocenters. The second kappa shape index (κ2) is 9.47. The van der Waals surface area contributed by atoms with Crippen LogP contribution in [0, 0.1) is 12.7 Å². The zero-order valence-corrected chi connectivity index (χ0v) is 20.4. The molecule has 0 spiro atoms. The minimum Gasteiger partial charge on any atom is -0.421 e. The number of carbonyl (C=O) groups is 1. The summed E-state index contributed by atoms with van der Waals surface area (Å²) in [5, 5.41) is 0. The van der Waals surface area contributed by atoms with Gasteiger partial charge in [0.2, 0.25) is 0 Å². The molecule has 2 amide bonds. The molecule has 1 fully saturated rings. The average Bonchev–Trinajstić information content (AvgIpc) is 3.48. The Morgan fingerprint density at radius 1 is 1.05 bits per heavy atom. The third-order valence-electron chi connectivity index (χ3n) is 6.26. The summed E-state index contributed by atoms with van der Waals surface area (Å²) in [5.74, 6) is -1.47. The van der Waals surface area contributed by atoms with Gasteiger partial charge in [0.25, 0.3) is 0 Å². The third-order valence-corrected chi connectivity index (χ3v) is 7.16. The first kappa shape index (κ1) is 25.2. The van der Waals surface area contributed by atoms with Gasteiger partial charge >= 0.3 is 18.2 Å². The van der Waals surface area contributed by atoms with Crippen LogP contribution in [0.15, 0.2) is 53.7 Å². The molecule has 1 aliphatic heterocycles. The number of ether oxygens (including phenoxy) is 2. The molecular formula is C25H22F5N3O3S. The van der Waals surface area contributed by atoms with Gasteiger partial charge in [-0.25, -0.2) is 9.18 Å². The molecule has 0 radical (unpaired) electrons. The Labute approximate surface area is 212 Å². The van der Waals surface area contributed by atoms with Gasteiger partial charge in [-0.3, -0.25) is 4.57 Å². The summed E-state index contributed by atoms with van der Waals surface area (Å²) < 4.78 is 77.7. The lowest BCUT2D eigenvalue weighted by atomic mass is 10.1. The molecule has 1 aromatic heterocycles. The van der Waals surface area contributed by atoms with Gasteiger partial charge in [0.05, 0.1) is 5.69 Å². The van der Waals surface area contributed by atoms with E-state index in [1.807, 2.05) is 0 Å². The number of amides is 2. The molecule has 1 aliphatic carbocycles. The van der Waals surface area contributed by atoms with Gasteiger partial charge in [-0.1, -0.05) is 25.0 Å². The van der Waals surface area contributed by atoms with Crippen LogP contribution >= 0.6 is 11.3 Å². The predicted octanol–water partition coefficient (Wildman–Crippen LogP) is 6.41. The molecule has 5 rings (SSSR count). The average molecular weight is 540 g/mol. The van der Waals surface area contributed by atoms with Crippen molar-refractivity contribution in [2.75, 3.05) is 0 Å². The first-order valence-electron chi connectivity index (χ1n) is 11.6. The van der Waals surface area contributed by atoms with Crippen molar-refractivity contribution in [2.24, 2.45) is 4.99 Å². The van der Waals surface area contributed by atoms with Crippen LogP contribution in [0.25, 0.3) is 5.69 Å². The van der Waals surface area contributed by atoms with E-state index in [4.69, 9.17) is 0 Å². The van der Waals surface area contributed by atoms with Gasteiger partial charge in [0.1, 0.15) is 5.82 Å². The van der Waals surface area contributed by atoms with Crippen LogP contribution in [-0.4, -0.2) is 33.8 Å². The van der Waals surface area contributed by atoms with Crippen LogP contribution in [0.4, 0.5) is 26.7 Å². The highest BCUT2D eigenvalue weighted by molar-refractivity contribution is 7.09. The summed E-state index contributed by atoms with van der Waals surface area (Å²) >= 11 is 1.20. The highest BCUT2D eigenvalue weighted by Crippen LogP contribution is 2.47. The molecular weight excluding hydrogens is 517 g/mol. The number of alkyl halides is 4. The zero-order valence-electron chi connectivity index (χ0n) is 19.6. The van der Waals surface area contributed by atoms with E-state index in [9.17, 15) is 26.7 Å². The van der Waals surface area contributed by atoms with Gasteiger partial charge in [-0.15, -0.1) is 11.3 Å². The smallest absolute Gasteiger partial charge is 0.421 e. The topological polar surface area (TPSA) is 56.1 Å². The molecule has 0 unspecified atom stereocenters. The summed E-state index contributed by atoms with van der Waals surface area (Å²) in [6.45, 7) is 2.04. The van der Waals surface area contributed by atoms with E-state index >= 15 is 0 Å². The number of nitrogens with zero attached hydrogens (tertiary/aromatic N) is 3. The SMILES string of the molecule is Cc1cn(-c2ccc3c(c2)OC(F)(F)C(F)(F)O3)/c(=N/C(=O)N(Cc2ccc(F)cc2)C2CCCC2)s1. The second-order valence-electron chi connectivity index (χ2n) is 8.95. The Hall–Kier alpha value is -3.41. The first-order chi connectivity index (χ1) is 17.5. The van der Waals surface area contributed by atoms with Crippen molar-refractivity contribution in [1.82, 2.24) is 9.47 Å². The Morgan fingerprint density at radius 2 is 1.70 bits per heavy atom. The van der Waals surface area contributed by atoms with Gasteiger partial charge in [0, 0.05) is 29.7 Å². The number of thiazole rings is 1. The van der Waals surface area contributed by atoms with E-state index in [-0.39, 0.29) is 28.9 Å². The van der Waals surface area contributed by atoms with Crippen LogP contribution in [0.3, 0.4) is 0 Å². The largest absolute Gasteiger partial charge is 0.507 e. The molecule has 2 heterocycles. The molecule has 3 aromatic rings. The minimum absolute atomic E-state index is 0.0194. The maximum atomic E-state index is 13.7. The number of hydrogen-bond acceptors (Lipinski definition) is 4. The van der Waals surface area contributed by atoms with Gasteiger partial charge in [-0.2, -0.15) is 22.6 Å². The van der Waals surface area contributed by atoms with E-state index in [1.54, 1.807) is 30.2 Å². The lowest BCUT2D eigenvalue weighted by Crippen LogP contribution is -2.52. The quantitative estimate of drug-likeness (QED) is 0.360. The molecule has 6 nitrogen and oxygen atoms in total. The van der Waals surface area contributed by atoms with Crippen molar-refractivity contribution in [3.63, 3.8) is 0 Å². The molecule has 2 aromatic carbocycles. The third kappa shape index (κ3) is 5.07. The molecule has 196 valence electrons. The standard InChI is InChI=1S/C25H22F5N3O3S/c1-15-13-33(19-10-11-20-21(12-19)36-25(29,30)24(27,28)35-20)23(37-15)31-22(34)32(18-4-2-3-5-18)14-16-6-8-17(26)9-7-16/h6-13,18H,2-5,14H2,1H3/b31-23-. The number of aromatic nitrogens is 1. The fourth-order valence-electron chi connectivity index (χ4n) is 4.43. The van der Waals surface area contributed by atoms with Crippen molar-refractivity contribution in [2.45, 2.75) is 57.4 Å². The lowest BCUT2D eigenvalue weighted by Gasteiger charge is -2.31. The highest BCUT2D eigenvalue weighted by atomic mass is 32.1. The van der Waals surface area contributed by atoms with Crippen LogP contribution in [0.1, 0.15) is 36.1 Å². The van der Waals surface area contributed by atoms with Crippen LogP contribution in [0.5, 0.6) is 11.5 Å². The maximum Gasteiger partial charge on any atom is 0.507 e. The number of urea groups is 1. The monoisotopic (exact) mass is 539 g/mol. The number of carbonyl (C=O) groups excluding carboxylic acids is 1. The van der Waals surface area contributed by atoms with Gasteiger partial charge in [-0.05, 0) is 49.6 Å². The van der Waals surface area contributed by atoms with E-state index < -0.39 is 29.7 Å². The Kier molecular flexibility index (Phi) is 6.47. The van der Waals surface area contributed by atoms with E-state index in [0.717, 1.165) is 48.3 Å². The summed E-state index contributed by atoms with van der Waals surface area (Å²) in [6, 6.07) is 9.00. The normalized spacial score (nSPS) is 18.7. The number of aryl methyl sites for hydroxylation is 1. The summed E-state index contributed by atoms with van der Waals surface area (Å²) in [7, 11) is 0. The second-order valence-corrected chi connectivity index (χ2v) is 10.2. The van der Waals surface area contributed by atoms with Crippen molar-refractivity contribution < 1.29 is 36.2 Å². The summed E-state index contributed by atoms with van der Waals surface area (Å²) in [5.41, 5.74) is 1.03. The van der Waals surface area contributed by atoms with Gasteiger partial charge < -0.3 is 14.4 Å². The van der Waals surface area contributed by atoms with E-state index in [1.165, 1.54) is 34.1 Å².